The first-order chi connectivity index (χ1) is 13.3. The molecule has 1 aromatic carbocycles. The first-order valence-electron chi connectivity index (χ1n) is 10.6. The van der Waals surface area contributed by atoms with Crippen LogP contribution in [0.2, 0.25) is 0 Å². The summed E-state index contributed by atoms with van der Waals surface area (Å²) in [4.78, 5) is 16.8. The minimum atomic E-state index is -0.529. The van der Waals surface area contributed by atoms with Crippen molar-refractivity contribution in [2.24, 2.45) is 5.41 Å². The molecule has 5 heteroatoms. The number of amides is 1. The number of aliphatic hydroxyl groups is 1. The lowest BCUT2D eigenvalue weighted by atomic mass is 9.64. The number of carbonyl (C=O) groups is 1. The average molecular weight is 389 g/mol. The zero-order valence-corrected chi connectivity index (χ0v) is 17.7. The summed E-state index contributed by atoms with van der Waals surface area (Å²) in [7, 11) is 5.72. The number of likely N-dealkylation sites (tertiary alicyclic amines) is 1. The quantitative estimate of drug-likeness (QED) is 0.814. The van der Waals surface area contributed by atoms with Gasteiger partial charge in [-0.2, -0.15) is 0 Å². The van der Waals surface area contributed by atoms with Crippen LogP contribution in [0.1, 0.15) is 50.5 Å². The van der Waals surface area contributed by atoms with E-state index in [1.165, 1.54) is 0 Å². The van der Waals surface area contributed by atoms with E-state index in [2.05, 4.69) is 11.0 Å². The monoisotopic (exact) mass is 388 g/mol. The largest absolute Gasteiger partial charge is 0.497 e. The van der Waals surface area contributed by atoms with Crippen LogP contribution >= 0.6 is 0 Å². The average Bonchev–Trinajstić information content (AvgIpc) is 2.69. The predicted octanol–water partition coefficient (Wildman–Crippen LogP) is 3.10. The molecule has 1 N–H and O–H groups in total. The third-order valence-electron chi connectivity index (χ3n) is 6.79. The Balaban J connectivity index is 1.45. The van der Waals surface area contributed by atoms with Crippen molar-refractivity contribution in [1.82, 2.24) is 9.80 Å². The van der Waals surface area contributed by atoms with Gasteiger partial charge >= 0.3 is 0 Å². The van der Waals surface area contributed by atoms with Crippen LogP contribution in [0.15, 0.2) is 24.3 Å². The SMILES string of the molecule is COc1cccc(CCC(=O)N2CCC3(CC2)CCC(O)(CN(C)C)CC3)c1. The maximum absolute atomic E-state index is 12.7. The smallest absolute Gasteiger partial charge is 0.222 e. The zero-order valence-electron chi connectivity index (χ0n) is 17.7. The van der Waals surface area contributed by atoms with E-state index in [0.717, 1.165) is 75.9 Å². The van der Waals surface area contributed by atoms with Gasteiger partial charge in [0.2, 0.25) is 5.91 Å². The maximum atomic E-state index is 12.7. The lowest BCUT2D eigenvalue weighted by Gasteiger charge is -2.49. The zero-order chi connectivity index (χ0) is 20.2. The lowest BCUT2D eigenvalue weighted by molar-refractivity contribution is -0.135. The molecule has 1 saturated carbocycles. The molecule has 0 radical (unpaired) electrons. The van der Waals surface area contributed by atoms with Crippen molar-refractivity contribution >= 4 is 5.91 Å². The normalized spacial score (nSPS) is 21.1. The van der Waals surface area contributed by atoms with E-state index < -0.39 is 5.60 Å². The van der Waals surface area contributed by atoms with Crippen molar-refractivity contribution in [3.05, 3.63) is 29.8 Å². The number of nitrogens with zero attached hydrogens (tertiary/aromatic N) is 2. The number of hydrogen-bond donors (Lipinski definition) is 1. The molecule has 0 unspecified atom stereocenters. The number of methoxy groups -OCH3 is 1. The standard InChI is InChI=1S/C23H36N2O3/c1-24(2)18-23(27)11-9-22(10-12-23)13-15-25(16-14-22)21(26)8-7-19-5-4-6-20(17-19)28-3/h4-6,17,27H,7-16,18H2,1-3H3. The van der Waals surface area contributed by atoms with E-state index in [0.29, 0.717) is 11.8 Å². The minimum absolute atomic E-state index is 0.262. The first-order valence-corrected chi connectivity index (χ1v) is 10.6. The van der Waals surface area contributed by atoms with Gasteiger partial charge in [0.15, 0.2) is 0 Å². The van der Waals surface area contributed by atoms with Gasteiger partial charge in [0, 0.05) is 26.1 Å². The first kappa shape index (κ1) is 21.1. The Kier molecular flexibility index (Phi) is 6.66. The molecule has 28 heavy (non-hydrogen) atoms. The summed E-state index contributed by atoms with van der Waals surface area (Å²) in [6, 6.07) is 7.97. The predicted molar refractivity (Wildman–Crippen MR) is 112 cm³/mol. The third kappa shape index (κ3) is 5.26. The molecular weight excluding hydrogens is 352 g/mol. The highest BCUT2D eigenvalue weighted by Crippen LogP contribution is 2.47. The number of piperidine rings is 1. The molecule has 2 fully saturated rings. The van der Waals surface area contributed by atoms with E-state index in [1.807, 2.05) is 37.2 Å². The Labute approximate surface area is 169 Å². The van der Waals surface area contributed by atoms with Gasteiger partial charge in [-0.25, -0.2) is 0 Å². The van der Waals surface area contributed by atoms with Crippen LogP contribution in [0.3, 0.4) is 0 Å². The van der Waals surface area contributed by atoms with Crippen LogP contribution in [-0.2, 0) is 11.2 Å². The van der Waals surface area contributed by atoms with Crippen LogP contribution in [0.4, 0.5) is 0 Å². The van der Waals surface area contributed by atoms with E-state index in [9.17, 15) is 9.90 Å². The molecule has 1 amide bonds. The molecule has 5 nitrogen and oxygen atoms in total. The number of ether oxygens (including phenoxy) is 1. The fourth-order valence-corrected chi connectivity index (χ4v) is 4.96. The molecule has 0 bridgehead atoms. The number of likely N-dealkylation sites (N-methyl/N-ethyl adjacent to an activating group) is 1. The van der Waals surface area contributed by atoms with Crippen molar-refractivity contribution < 1.29 is 14.6 Å². The molecular formula is C23H36N2O3. The van der Waals surface area contributed by atoms with Crippen molar-refractivity contribution in [2.45, 2.75) is 57.0 Å². The number of aryl methyl sites for hydroxylation is 1. The van der Waals surface area contributed by atoms with Gasteiger partial charge < -0.3 is 19.6 Å². The van der Waals surface area contributed by atoms with E-state index in [1.54, 1.807) is 7.11 Å². The molecule has 1 heterocycles. The molecule has 1 aliphatic heterocycles. The Bertz CT molecular complexity index is 656. The van der Waals surface area contributed by atoms with E-state index >= 15 is 0 Å². The van der Waals surface area contributed by atoms with Gasteiger partial charge in [-0.1, -0.05) is 12.1 Å². The Morgan fingerprint density at radius 1 is 1.14 bits per heavy atom. The molecule has 2 aliphatic rings. The fourth-order valence-electron chi connectivity index (χ4n) is 4.96. The van der Waals surface area contributed by atoms with Crippen LogP contribution in [0.5, 0.6) is 5.75 Å². The summed E-state index contributed by atoms with van der Waals surface area (Å²) < 4.78 is 5.26. The van der Waals surface area contributed by atoms with Crippen LogP contribution in [-0.4, -0.2) is 67.3 Å². The van der Waals surface area contributed by atoms with Crippen molar-refractivity contribution in [1.29, 1.82) is 0 Å². The topological polar surface area (TPSA) is 53.0 Å². The number of rotatable bonds is 6. The molecule has 0 aromatic heterocycles. The summed E-state index contributed by atoms with van der Waals surface area (Å²) in [5.74, 6) is 1.11. The second-order valence-corrected chi connectivity index (χ2v) is 9.19. The summed E-state index contributed by atoms with van der Waals surface area (Å²) in [6.07, 6.45) is 7.42. The summed E-state index contributed by atoms with van der Waals surface area (Å²) in [6.45, 7) is 2.48. The van der Waals surface area contributed by atoms with Gasteiger partial charge in [0.25, 0.3) is 0 Å². The minimum Gasteiger partial charge on any atom is -0.497 e. The van der Waals surface area contributed by atoms with Crippen LogP contribution in [0.25, 0.3) is 0 Å². The van der Waals surface area contributed by atoms with Crippen LogP contribution < -0.4 is 4.74 Å². The second kappa shape index (κ2) is 8.83. The molecule has 0 atom stereocenters. The number of carbonyl (C=O) groups excluding carboxylic acids is 1. The van der Waals surface area contributed by atoms with Gasteiger partial charge in [-0.05, 0) is 82.2 Å². The summed E-state index contributed by atoms with van der Waals surface area (Å²) in [5, 5.41) is 10.8. The summed E-state index contributed by atoms with van der Waals surface area (Å²) >= 11 is 0. The summed E-state index contributed by atoms with van der Waals surface area (Å²) in [5.41, 5.74) is 0.953. The number of hydrogen-bond acceptors (Lipinski definition) is 4. The van der Waals surface area contributed by atoms with Gasteiger partial charge in [-0.15, -0.1) is 0 Å². The third-order valence-corrected chi connectivity index (χ3v) is 6.79. The molecule has 3 rings (SSSR count). The molecule has 1 saturated heterocycles. The highest BCUT2D eigenvalue weighted by atomic mass is 16.5. The van der Waals surface area contributed by atoms with E-state index in [-0.39, 0.29) is 5.91 Å². The number of benzene rings is 1. The molecule has 1 aromatic rings. The highest BCUT2D eigenvalue weighted by molar-refractivity contribution is 5.76. The van der Waals surface area contributed by atoms with Crippen molar-refractivity contribution in [3.8, 4) is 5.75 Å². The fraction of sp³-hybridized carbons (Fsp3) is 0.696. The van der Waals surface area contributed by atoms with Crippen molar-refractivity contribution in [2.75, 3.05) is 40.8 Å². The van der Waals surface area contributed by atoms with E-state index in [4.69, 9.17) is 4.74 Å². The van der Waals surface area contributed by atoms with Crippen LogP contribution in [0, 0.1) is 5.41 Å². The highest BCUT2D eigenvalue weighted by Gasteiger charge is 2.43. The maximum Gasteiger partial charge on any atom is 0.222 e. The Morgan fingerprint density at radius 2 is 1.82 bits per heavy atom. The molecule has 1 aliphatic carbocycles. The van der Waals surface area contributed by atoms with Gasteiger partial charge in [0.1, 0.15) is 5.75 Å². The Morgan fingerprint density at radius 3 is 2.43 bits per heavy atom. The molecule has 1 spiro atoms. The lowest BCUT2D eigenvalue weighted by Crippen LogP contribution is -2.49. The second-order valence-electron chi connectivity index (χ2n) is 9.19. The van der Waals surface area contributed by atoms with Gasteiger partial charge in [0.05, 0.1) is 12.7 Å². The van der Waals surface area contributed by atoms with Crippen molar-refractivity contribution in [3.63, 3.8) is 0 Å². The van der Waals surface area contributed by atoms with Gasteiger partial charge in [-0.3, -0.25) is 4.79 Å². The Hall–Kier alpha value is -1.59. The molecule has 156 valence electrons.